The molecule has 1 aromatic heterocycles. The van der Waals surface area contributed by atoms with Gasteiger partial charge in [0.25, 0.3) is 11.5 Å². The number of methoxy groups -OCH3 is 1. The summed E-state index contributed by atoms with van der Waals surface area (Å²) in [5.74, 6) is 0.483. The number of carbonyl (C=O) groups is 1. The summed E-state index contributed by atoms with van der Waals surface area (Å²) in [5, 5.41) is 2.65. The fourth-order valence-corrected chi connectivity index (χ4v) is 1.93. The topological polar surface area (TPSA) is 84.1 Å². The van der Waals surface area contributed by atoms with Crippen LogP contribution in [0.4, 0.5) is 5.69 Å². The highest BCUT2D eigenvalue weighted by Gasteiger charge is 2.17. The van der Waals surface area contributed by atoms with Gasteiger partial charge < -0.3 is 15.0 Å². The Morgan fingerprint density at radius 1 is 1.30 bits per heavy atom. The van der Waals surface area contributed by atoms with Crippen molar-refractivity contribution in [2.45, 2.75) is 13.8 Å². The molecule has 1 amide bonds. The van der Waals surface area contributed by atoms with Gasteiger partial charge in [-0.05, 0) is 26.0 Å². The molecule has 0 fully saturated rings. The molecule has 0 spiro atoms. The number of aryl methyl sites for hydroxylation is 2. The molecular formula is C14H15N3O3. The minimum Gasteiger partial charge on any atom is -0.495 e. The third-order valence-corrected chi connectivity index (χ3v) is 2.80. The van der Waals surface area contributed by atoms with Crippen LogP contribution in [0.3, 0.4) is 0 Å². The van der Waals surface area contributed by atoms with E-state index < -0.39 is 11.5 Å². The molecule has 0 radical (unpaired) electrons. The van der Waals surface area contributed by atoms with Crippen LogP contribution in [-0.4, -0.2) is 23.0 Å². The zero-order chi connectivity index (χ0) is 14.7. The third kappa shape index (κ3) is 2.69. The highest BCUT2D eigenvalue weighted by atomic mass is 16.5. The van der Waals surface area contributed by atoms with Crippen LogP contribution in [0.5, 0.6) is 5.75 Å². The second-order valence-corrected chi connectivity index (χ2v) is 4.27. The monoisotopic (exact) mass is 273 g/mol. The molecule has 6 heteroatoms. The van der Waals surface area contributed by atoms with E-state index in [0.717, 1.165) is 0 Å². The van der Waals surface area contributed by atoms with Gasteiger partial charge in [0.05, 0.1) is 18.5 Å². The minimum atomic E-state index is -0.513. The highest BCUT2D eigenvalue weighted by molar-refractivity contribution is 6.05. The van der Waals surface area contributed by atoms with E-state index >= 15 is 0 Å². The number of hydrogen-bond donors (Lipinski definition) is 2. The maximum absolute atomic E-state index is 12.2. The summed E-state index contributed by atoms with van der Waals surface area (Å²) in [7, 11) is 1.51. The molecule has 6 nitrogen and oxygen atoms in total. The number of nitrogens with zero attached hydrogens (tertiary/aromatic N) is 1. The SMILES string of the molecule is COc1ccccc1NC(=O)c1c(C)nc(C)[nH]c1=O. The Balaban J connectivity index is 2.36. The van der Waals surface area contributed by atoms with Crippen LogP contribution in [0.2, 0.25) is 0 Å². The van der Waals surface area contributed by atoms with E-state index in [0.29, 0.717) is 23.0 Å². The number of para-hydroxylation sites is 2. The van der Waals surface area contributed by atoms with Crippen molar-refractivity contribution < 1.29 is 9.53 Å². The number of aromatic nitrogens is 2. The first-order valence-electron chi connectivity index (χ1n) is 6.05. The van der Waals surface area contributed by atoms with Gasteiger partial charge in [0, 0.05) is 0 Å². The smallest absolute Gasteiger partial charge is 0.264 e. The van der Waals surface area contributed by atoms with Gasteiger partial charge in [-0.2, -0.15) is 0 Å². The molecular weight excluding hydrogens is 258 g/mol. The molecule has 1 aromatic carbocycles. The van der Waals surface area contributed by atoms with E-state index in [4.69, 9.17) is 4.74 Å². The summed E-state index contributed by atoms with van der Waals surface area (Å²) in [5.41, 5.74) is 0.432. The Labute approximate surface area is 115 Å². The molecule has 0 aliphatic carbocycles. The lowest BCUT2D eigenvalue weighted by molar-refractivity contribution is 0.102. The minimum absolute atomic E-state index is 0.00139. The van der Waals surface area contributed by atoms with Crippen LogP contribution < -0.4 is 15.6 Å². The fourth-order valence-electron chi connectivity index (χ4n) is 1.93. The summed E-state index contributed by atoms with van der Waals surface area (Å²) < 4.78 is 5.15. The number of nitrogens with one attached hydrogen (secondary N) is 2. The number of rotatable bonds is 3. The van der Waals surface area contributed by atoms with Crippen molar-refractivity contribution in [1.82, 2.24) is 9.97 Å². The van der Waals surface area contributed by atoms with Crippen LogP contribution in [0, 0.1) is 13.8 Å². The summed E-state index contributed by atoms with van der Waals surface area (Å²) in [6, 6.07) is 6.98. The molecule has 20 heavy (non-hydrogen) atoms. The molecule has 0 unspecified atom stereocenters. The lowest BCUT2D eigenvalue weighted by atomic mass is 10.2. The molecule has 2 rings (SSSR count). The van der Waals surface area contributed by atoms with Crippen LogP contribution in [0.1, 0.15) is 21.9 Å². The normalized spacial score (nSPS) is 10.2. The number of anilines is 1. The van der Waals surface area contributed by atoms with E-state index in [2.05, 4.69) is 15.3 Å². The Morgan fingerprint density at radius 3 is 2.65 bits per heavy atom. The van der Waals surface area contributed by atoms with Gasteiger partial charge in [0.1, 0.15) is 17.1 Å². The number of ether oxygens (including phenoxy) is 1. The largest absolute Gasteiger partial charge is 0.495 e. The van der Waals surface area contributed by atoms with E-state index in [1.165, 1.54) is 7.11 Å². The first kappa shape index (κ1) is 13.8. The fraction of sp³-hybridized carbons (Fsp3) is 0.214. The summed E-state index contributed by atoms with van der Waals surface area (Å²) in [6.45, 7) is 3.29. The van der Waals surface area contributed by atoms with Crippen molar-refractivity contribution in [3.8, 4) is 5.75 Å². The van der Waals surface area contributed by atoms with Crippen molar-refractivity contribution in [1.29, 1.82) is 0 Å². The Kier molecular flexibility index (Phi) is 3.84. The third-order valence-electron chi connectivity index (χ3n) is 2.80. The van der Waals surface area contributed by atoms with Crippen molar-refractivity contribution in [2.75, 3.05) is 12.4 Å². The van der Waals surface area contributed by atoms with E-state index in [1.807, 2.05) is 0 Å². The van der Waals surface area contributed by atoms with Crippen molar-refractivity contribution in [3.63, 3.8) is 0 Å². The van der Waals surface area contributed by atoms with E-state index in [9.17, 15) is 9.59 Å². The summed E-state index contributed by atoms with van der Waals surface area (Å²) >= 11 is 0. The van der Waals surface area contributed by atoms with Crippen molar-refractivity contribution in [2.24, 2.45) is 0 Å². The maximum atomic E-state index is 12.2. The van der Waals surface area contributed by atoms with Gasteiger partial charge in [-0.3, -0.25) is 9.59 Å². The van der Waals surface area contributed by atoms with Gasteiger partial charge in [-0.15, -0.1) is 0 Å². The molecule has 0 aliphatic rings. The zero-order valence-electron chi connectivity index (χ0n) is 11.5. The number of H-pyrrole nitrogens is 1. The van der Waals surface area contributed by atoms with Gasteiger partial charge in [-0.1, -0.05) is 12.1 Å². The van der Waals surface area contributed by atoms with Gasteiger partial charge >= 0.3 is 0 Å². The molecule has 0 atom stereocenters. The Morgan fingerprint density at radius 2 is 2.00 bits per heavy atom. The van der Waals surface area contributed by atoms with Crippen LogP contribution >= 0.6 is 0 Å². The summed E-state index contributed by atoms with van der Waals surface area (Å²) in [4.78, 5) is 30.7. The highest BCUT2D eigenvalue weighted by Crippen LogP contribution is 2.23. The molecule has 104 valence electrons. The number of amides is 1. The van der Waals surface area contributed by atoms with Gasteiger partial charge in [-0.25, -0.2) is 4.98 Å². The van der Waals surface area contributed by atoms with Crippen LogP contribution in [0.25, 0.3) is 0 Å². The number of hydrogen-bond acceptors (Lipinski definition) is 4. The van der Waals surface area contributed by atoms with Crippen LogP contribution in [0.15, 0.2) is 29.1 Å². The van der Waals surface area contributed by atoms with Gasteiger partial charge in [0.15, 0.2) is 0 Å². The molecule has 0 aliphatic heterocycles. The second kappa shape index (κ2) is 5.56. The molecule has 1 heterocycles. The lowest BCUT2D eigenvalue weighted by Crippen LogP contribution is -2.26. The number of aromatic amines is 1. The maximum Gasteiger partial charge on any atom is 0.264 e. The molecule has 2 aromatic rings. The van der Waals surface area contributed by atoms with Gasteiger partial charge in [0.2, 0.25) is 0 Å². The predicted octanol–water partition coefficient (Wildman–Crippen LogP) is 1.65. The van der Waals surface area contributed by atoms with E-state index in [-0.39, 0.29) is 5.56 Å². The first-order valence-corrected chi connectivity index (χ1v) is 6.05. The molecule has 0 saturated heterocycles. The number of benzene rings is 1. The average Bonchev–Trinajstić information content (AvgIpc) is 2.38. The summed E-state index contributed by atoms with van der Waals surface area (Å²) in [6.07, 6.45) is 0. The molecule has 0 bridgehead atoms. The molecule has 0 saturated carbocycles. The van der Waals surface area contributed by atoms with E-state index in [1.54, 1.807) is 38.1 Å². The first-order chi connectivity index (χ1) is 9.52. The zero-order valence-corrected chi connectivity index (χ0v) is 11.5. The Hall–Kier alpha value is -2.63. The van der Waals surface area contributed by atoms with Crippen molar-refractivity contribution in [3.05, 3.63) is 51.7 Å². The second-order valence-electron chi connectivity index (χ2n) is 4.27. The number of carbonyl (C=O) groups excluding carboxylic acids is 1. The Bertz CT molecular complexity index is 707. The predicted molar refractivity (Wildman–Crippen MR) is 75.3 cm³/mol. The quantitative estimate of drug-likeness (QED) is 0.890. The van der Waals surface area contributed by atoms with Crippen molar-refractivity contribution >= 4 is 11.6 Å². The lowest BCUT2D eigenvalue weighted by Gasteiger charge is -2.10. The standard InChI is InChI=1S/C14H15N3O3/c1-8-12(13(18)16-9(2)15-8)14(19)17-10-6-4-5-7-11(10)20-3/h4-7H,1-3H3,(H,17,19)(H,15,16,18). The molecule has 2 N–H and O–H groups in total. The average molecular weight is 273 g/mol. The van der Waals surface area contributed by atoms with Crippen LogP contribution in [-0.2, 0) is 0 Å².